The Balaban J connectivity index is 0.00000121. The first-order chi connectivity index (χ1) is 15.4. The molecule has 1 amide bonds. The minimum Gasteiger partial charge on any atom is -0.484 e. The molecule has 1 heterocycles. The maximum Gasteiger partial charge on any atom is 0.418 e. The van der Waals surface area contributed by atoms with Crippen molar-refractivity contribution in [3.63, 3.8) is 0 Å². The van der Waals surface area contributed by atoms with Gasteiger partial charge in [0, 0.05) is 24.8 Å². The van der Waals surface area contributed by atoms with Crippen molar-refractivity contribution in [2.24, 2.45) is 0 Å². The fourth-order valence-electron chi connectivity index (χ4n) is 3.11. The summed E-state index contributed by atoms with van der Waals surface area (Å²) in [5, 5.41) is 11.9. The Bertz CT molecular complexity index is 811. The van der Waals surface area contributed by atoms with E-state index in [-0.39, 0.29) is 30.9 Å². The number of alkyl halides is 3. The number of para-hydroxylation sites is 1. The number of hydrogen-bond acceptors (Lipinski definition) is 4. The molecule has 2 N–H and O–H groups in total. The smallest absolute Gasteiger partial charge is 0.418 e. The fraction of sp³-hybridized carbons (Fsp3) is 0.458. The molecule has 8 heteroatoms. The Morgan fingerprint density at radius 2 is 1.72 bits per heavy atom. The molecule has 1 atom stereocenters. The number of rotatable bonds is 6. The molecule has 2 aromatic rings. The number of carbonyl (C=O) groups excluding carboxylic acids is 1. The third-order valence-corrected chi connectivity index (χ3v) is 4.60. The summed E-state index contributed by atoms with van der Waals surface area (Å²) in [6.45, 7) is 8.55. The maximum absolute atomic E-state index is 13.1. The summed E-state index contributed by atoms with van der Waals surface area (Å²) in [6.07, 6.45) is -3.87. The van der Waals surface area contributed by atoms with Crippen LogP contribution in [0.3, 0.4) is 0 Å². The molecule has 1 aliphatic heterocycles. The number of likely N-dealkylation sites (tertiary alicyclic amines) is 1. The van der Waals surface area contributed by atoms with Crippen molar-refractivity contribution in [3.05, 3.63) is 59.7 Å². The molecule has 0 aliphatic carbocycles. The highest BCUT2D eigenvalue weighted by molar-refractivity contribution is 5.78. The van der Waals surface area contributed by atoms with Gasteiger partial charge in [-0.05, 0) is 36.2 Å². The van der Waals surface area contributed by atoms with Gasteiger partial charge in [0.2, 0.25) is 0 Å². The number of carbonyl (C=O) groups is 1. The van der Waals surface area contributed by atoms with Gasteiger partial charge in [0.1, 0.15) is 5.75 Å². The Labute approximate surface area is 188 Å². The zero-order chi connectivity index (χ0) is 24.1. The highest BCUT2D eigenvalue weighted by Crippen LogP contribution is 2.35. The molecular formula is C24H33F3N2O3. The van der Waals surface area contributed by atoms with E-state index in [4.69, 9.17) is 9.84 Å². The van der Waals surface area contributed by atoms with Crippen molar-refractivity contribution in [1.29, 1.82) is 0 Å². The second-order valence-electron chi connectivity index (χ2n) is 6.60. The van der Waals surface area contributed by atoms with Crippen LogP contribution in [0.5, 0.6) is 5.75 Å². The summed E-state index contributed by atoms with van der Waals surface area (Å²) < 4.78 is 44.8. The first-order valence-electron chi connectivity index (χ1n) is 10.9. The third kappa shape index (κ3) is 8.07. The van der Waals surface area contributed by atoms with E-state index in [2.05, 4.69) is 5.32 Å². The molecule has 5 nitrogen and oxygen atoms in total. The summed E-state index contributed by atoms with van der Waals surface area (Å²) in [4.78, 5) is 13.9. The number of aliphatic hydroxyl groups excluding tert-OH is 1. The van der Waals surface area contributed by atoms with Crippen LogP contribution in [0.2, 0.25) is 0 Å². The Morgan fingerprint density at radius 1 is 1.09 bits per heavy atom. The van der Waals surface area contributed by atoms with Crippen LogP contribution in [0.25, 0.3) is 0 Å². The van der Waals surface area contributed by atoms with E-state index < -0.39 is 11.7 Å². The van der Waals surface area contributed by atoms with Crippen LogP contribution in [0.15, 0.2) is 48.5 Å². The van der Waals surface area contributed by atoms with Gasteiger partial charge >= 0.3 is 6.18 Å². The van der Waals surface area contributed by atoms with Gasteiger partial charge < -0.3 is 20.1 Å². The normalized spacial score (nSPS) is 15.1. The number of benzene rings is 2. The van der Waals surface area contributed by atoms with Gasteiger partial charge in [0.05, 0.1) is 12.2 Å². The van der Waals surface area contributed by atoms with Gasteiger partial charge in [-0.25, -0.2) is 0 Å². The highest BCUT2D eigenvalue weighted by atomic mass is 19.4. The predicted octanol–water partition coefficient (Wildman–Crippen LogP) is 5.34. The van der Waals surface area contributed by atoms with Gasteiger partial charge in [-0.1, -0.05) is 52.0 Å². The predicted molar refractivity (Wildman–Crippen MR) is 121 cm³/mol. The standard InChI is InChI=1S/C20H21F3N2O3.2C2H6/c21-20(22,23)17-3-1-2-4-18(17)24-15-9-10-25(11-15)19(27)13-28-16-7-5-14(12-26)6-8-16;2*1-2/h1-8,15,24,26H,9-13H2;2*1-2H3. The first kappa shape index (κ1) is 27.3. The largest absolute Gasteiger partial charge is 0.484 e. The Kier molecular flexibility index (Phi) is 11.6. The number of nitrogens with one attached hydrogen (secondary N) is 1. The Hall–Kier alpha value is -2.74. The molecule has 2 aromatic carbocycles. The van der Waals surface area contributed by atoms with Crippen LogP contribution in [-0.4, -0.2) is 41.7 Å². The minimum atomic E-state index is -4.43. The van der Waals surface area contributed by atoms with E-state index in [0.29, 0.717) is 25.3 Å². The summed E-state index contributed by atoms with van der Waals surface area (Å²) in [5.74, 6) is 0.290. The zero-order valence-corrected chi connectivity index (χ0v) is 19.1. The second kappa shape index (κ2) is 13.6. The maximum atomic E-state index is 13.1. The number of hydrogen-bond donors (Lipinski definition) is 2. The van der Waals surface area contributed by atoms with Crippen molar-refractivity contribution >= 4 is 11.6 Å². The van der Waals surface area contributed by atoms with Gasteiger partial charge in [-0.15, -0.1) is 0 Å². The van der Waals surface area contributed by atoms with Crippen LogP contribution in [0.1, 0.15) is 45.2 Å². The fourth-order valence-corrected chi connectivity index (χ4v) is 3.11. The molecule has 1 fully saturated rings. The van der Waals surface area contributed by atoms with Gasteiger partial charge in [-0.3, -0.25) is 4.79 Å². The zero-order valence-electron chi connectivity index (χ0n) is 19.1. The van der Waals surface area contributed by atoms with Gasteiger partial charge in [-0.2, -0.15) is 13.2 Å². The number of anilines is 1. The third-order valence-electron chi connectivity index (χ3n) is 4.60. The number of ether oxygens (including phenoxy) is 1. The molecule has 1 saturated heterocycles. The topological polar surface area (TPSA) is 61.8 Å². The second-order valence-corrected chi connectivity index (χ2v) is 6.60. The molecule has 178 valence electrons. The van der Waals surface area contributed by atoms with E-state index >= 15 is 0 Å². The van der Waals surface area contributed by atoms with Crippen LogP contribution >= 0.6 is 0 Å². The molecule has 0 bridgehead atoms. The molecule has 32 heavy (non-hydrogen) atoms. The van der Waals surface area contributed by atoms with Crippen molar-refractivity contribution in [2.75, 3.05) is 25.0 Å². The summed E-state index contributed by atoms with van der Waals surface area (Å²) >= 11 is 0. The van der Waals surface area contributed by atoms with Crippen molar-refractivity contribution < 1.29 is 27.8 Å². The molecule has 0 spiro atoms. The van der Waals surface area contributed by atoms with Gasteiger partial charge in [0.25, 0.3) is 5.91 Å². The quantitative estimate of drug-likeness (QED) is 0.618. The minimum absolute atomic E-state index is 0.0227. The lowest BCUT2D eigenvalue weighted by molar-refractivity contribution is -0.137. The first-order valence-corrected chi connectivity index (χ1v) is 10.9. The lowest BCUT2D eigenvalue weighted by Crippen LogP contribution is -2.35. The van der Waals surface area contributed by atoms with Crippen LogP contribution in [-0.2, 0) is 17.6 Å². The number of nitrogens with zero attached hydrogens (tertiary/aromatic N) is 1. The average molecular weight is 455 g/mol. The molecule has 0 saturated carbocycles. The van der Waals surface area contributed by atoms with Gasteiger partial charge in [0.15, 0.2) is 6.61 Å². The summed E-state index contributed by atoms with van der Waals surface area (Å²) in [7, 11) is 0. The number of amides is 1. The lowest BCUT2D eigenvalue weighted by Gasteiger charge is -2.20. The van der Waals surface area contributed by atoms with Crippen molar-refractivity contribution in [2.45, 2.75) is 52.9 Å². The molecule has 1 aliphatic rings. The summed E-state index contributed by atoms with van der Waals surface area (Å²) in [5.41, 5.74) is 0.0511. The summed E-state index contributed by atoms with van der Waals surface area (Å²) in [6, 6.07) is 11.8. The molecular weight excluding hydrogens is 421 g/mol. The molecule has 0 aromatic heterocycles. The Morgan fingerprint density at radius 3 is 2.31 bits per heavy atom. The molecule has 3 rings (SSSR count). The SMILES string of the molecule is CC.CC.O=C(COc1ccc(CO)cc1)N1CCC(Nc2ccccc2C(F)(F)F)C1. The van der Waals surface area contributed by atoms with Crippen LogP contribution in [0, 0.1) is 0 Å². The van der Waals surface area contributed by atoms with Crippen LogP contribution in [0.4, 0.5) is 18.9 Å². The number of halogens is 3. The van der Waals surface area contributed by atoms with E-state index in [1.54, 1.807) is 35.2 Å². The van der Waals surface area contributed by atoms with E-state index in [1.807, 2.05) is 27.7 Å². The monoisotopic (exact) mass is 454 g/mol. The van der Waals surface area contributed by atoms with E-state index in [9.17, 15) is 18.0 Å². The lowest BCUT2D eigenvalue weighted by atomic mass is 10.1. The average Bonchev–Trinajstić information content (AvgIpc) is 3.29. The van der Waals surface area contributed by atoms with E-state index in [1.165, 1.54) is 12.1 Å². The van der Waals surface area contributed by atoms with Crippen molar-refractivity contribution in [1.82, 2.24) is 4.90 Å². The highest BCUT2D eigenvalue weighted by Gasteiger charge is 2.34. The van der Waals surface area contributed by atoms with Crippen molar-refractivity contribution in [3.8, 4) is 5.75 Å². The van der Waals surface area contributed by atoms with E-state index in [0.717, 1.165) is 11.6 Å². The number of aliphatic hydroxyl groups is 1. The molecule has 0 radical (unpaired) electrons. The van der Waals surface area contributed by atoms with Crippen LogP contribution < -0.4 is 10.1 Å². The molecule has 1 unspecified atom stereocenters.